The molecule has 2 aromatic rings. The lowest BCUT2D eigenvalue weighted by atomic mass is 10.5. The summed E-state index contributed by atoms with van der Waals surface area (Å²) < 4.78 is 1.84. The smallest absolute Gasteiger partial charge is 0.229 e. The van der Waals surface area contributed by atoms with Gasteiger partial charge in [0, 0.05) is 21.1 Å². The lowest BCUT2D eigenvalue weighted by molar-refractivity contribution is 0.271. The fourth-order valence-corrected chi connectivity index (χ4v) is 2.35. The molecule has 0 spiro atoms. The van der Waals surface area contributed by atoms with Crippen LogP contribution in [0.3, 0.4) is 0 Å². The number of nitrogens with zero attached hydrogens (tertiary/aromatic N) is 6. The average molecular weight is 295 g/mol. The normalized spacial score (nSPS) is 10.8. The van der Waals surface area contributed by atoms with Gasteiger partial charge in [-0.1, -0.05) is 11.8 Å². The van der Waals surface area contributed by atoms with Crippen molar-refractivity contribution in [3.8, 4) is 0 Å². The van der Waals surface area contributed by atoms with Crippen molar-refractivity contribution in [2.45, 2.75) is 17.5 Å². The van der Waals surface area contributed by atoms with Gasteiger partial charge in [0.1, 0.15) is 5.82 Å². The minimum absolute atomic E-state index is 0.0342. The molecular weight excluding hydrogens is 278 g/mol. The number of aliphatic hydroxyl groups is 1. The van der Waals surface area contributed by atoms with E-state index in [-0.39, 0.29) is 12.6 Å². The summed E-state index contributed by atoms with van der Waals surface area (Å²) in [6, 6.07) is 0. The Morgan fingerprint density at radius 1 is 1.35 bits per heavy atom. The summed E-state index contributed by atoms with van der Waals surface area (Å²) in [5, 5.41) is 9.92. The van der Waals surface area contributed by atoms with E-state index < -0.39 is 0 Å². The van der Waals surface area contributed by atoms with E-state index in [1.54, 1.807) is 11.1 Å². The standard InChI is InChI=1S/C11H17N7OS/c1-17(2)10-15-8(14-9(12)16-10)6-20-11-13-4-7(5-19)18(11)3/h4,19H,5-6H2,1-3H3,(H2,12,14,15,16). The summed E-state index contributed by atoms with van der Waals surface area (Å²) in [6.45, 7) is -0.0342. The fraction of sp³-hybridized carbons (Fsp3) is 0.455. The van der Waals surface area contributed by atoms with E-state index in [4.69, 9.17) is 10.8 Å². The van der Waals surface area contributed by atoms with Gasteiger partial charge in [0.05, 0.1) is 24.3 Å². The lowest BCUT2D eigenvalue weighted by Crippen LogP contribution is -2.16. The van der Waals surface area contributed by atoms with Crippen LogP contribution in [-0.4, -0.2) is 43.7 Å². The number of nitrogens with two attached hydrogens (primary N) is 1. The third-order valence-corrected chi connectivity index (χ3v) is 3.66. The van der Waals surface area contributed by atoms with Crippen molar-refractivity contribution in [3.63, 3.8) is 0 Å². The van der Waals surface area contributed by atoms with Gasteiger partial charge in [0.15, 0.2) is 5.16 Å². The molecule has 0 saturated carbocycles. The molecule has 0 aromatic carbocycles. The van der Waals surface area contributed by atoms with Crippen molar-refractivity contribution >= 4 is 23.7 Å². The van der Waals surface area contributed by atoms with E-state index in [0.29, 0.717) is 17.5 Å². The summed E-state index contributed by atoms with van der Waals surface area (Å²) in [7, 11) is 5.55. The number of hydrogen-bond donors (Lipinski definition) is 2. The number of thioether (sulfide) groups is 1. The predicted molar refractivity (Wildman–Crippen MR) is 77.3 cm³/mol. The Morgan fingerprint density at radius 2 is 2.10 bits per heavy atom. The van der Waals surface area contributed by atoms with E-state index >= 15 is 0 Å². The molecular formula is C11H17N7OS. The summed E-state index contributed by atoms with van der Waals surface area (Å²) in [6.07, 6.45) is 1.65. The first-order valence-corrected chi connectivity index (χ1v) is 6.91. The molecule has 0 unspecified atom stereocenters. The molecule has 0 bridgehead atoms. The monoisotopic (exact) mass is 295 g/mol. The number of imidazole rings is 1. The summed E-state index contributed by atoms with van der Waals surface area (Å²) in [5.41, 5.74) is 6.43. The van der Waals surface area contributed by atoms with E-state index in [0.717, 1.165) is 10.9 Å². The Kier molecular flexibility index (Phi) is 4.40. The highest BCUT2D eigenvalue weighted by molar-refractivity contribution is 7.98. The van der Waals surface area contributed by atoms with Gasteiger partial charge in [-0.2, -0.15) is 15.0 Å². The second-order valence-corrected chi connectivity index (χ2v) is 5.28. The van der Waals surface area contributed by atoms with Crippen LogP contribution >= 0.6 is 11.8 Å². The first-order chi connectivity index (χ1) is 9.51. The maximum atomic E-state index is 9.13. The van der Waals surface area contributed by atoms with Gasteiger partial charge in [-0.3, -0.25) is 0 Å². The van der Waals surface area contributed by atoms with Crippen LogP contribution in [0.15, 0.2) is 11.4 Å². The van der Waals surface area contributed by atoms with Crippen LogP contribution in [0.5, 0.6) is 0 Å². The Labute approximate surface area is 121 Å². The SMILES string of the molecule is CN(C)c1nc(N)nc(CSc2ncc(CO)n2C)n1. The number of nitrogen functional groups attached to an aromatic ring is 1. The van der Waals surface area contributed by atoms with Crippen molar-refractivity contribution in [1.82, 2.24) is 24.5 Å². The van der Waals surface area contributed by atoms with Crippen molar-refractivity contribution in [3.05, 3.63) is 17.7 Å². The second kappa shape index (κ2) is 6.06. The summed E-state index contributed by atoms with van der Waals surface area (Å²) >= 11 is 1.48. The van der Waals surface area contributed by atoms with Crippen molar-refractivity contribution < 1.29 is 5.11 Å². The van der Waals surface area contributed by atoms with Crippen LogP contribution in [0.4, 0.5) is 11.9 Å². The molecule has 3 N–H and O–H groups in total. The first kappa shape index (κ1) is 14.5. The molecule has 2 rings (SSSR count). The van der Waals surface area contributed by atoms with Gasteiger partial charge in [0.25, 0.3) is 0 Å². The average Bonchev–Trinajstić information content (AvgIpc) is 2.76. The zero-order valence-electron chi connectivity index (χ0n) is 11.6. The Morgan fingerprint density at radius 3 is 2.70 bits per heavy atom. The molecule has 0 saturated heterocycles. The second-order valence-electron chi connectivity index (χ2n) is 4.34. The molecule has 0 atom stereocenters. The van der Waals surface area contributed by atoms with Crippen LogP contribution in [-0.2, 0) is 19.4 Å². The van der Waals surface area contributed by atoms with Crippen molar-refractivity contribution in [1.29, 1.82) is 0 Å². The van der Waals surface area contributed by atoms with Crippen LogP contribution in [0, 0.1) is 0 Å². The van der Waals surface area contributed by atoms with Gasteiger partial charge in [0.2, 0.25) is 11.9 Å². The Bertz CT molecular complexity index is 598. The molecule has 0 radical (unpaired) electrons. The molecule has 9 heteroatoms. The van der Waals surface area contributed by atoms with Gasteiger partial charge < -0.3 is 20.3 Å². The molecule has 2 aromatic heterocycles. The van der Waals surface area contributed by atoms with Gasteiger partial charge in [-0.25, -0.2) is 4.98 Å². The van der Waals surface area contributed by atoms with Crippen LogP contribution in [0.25, 0.3) is 0 Å². The highest BCUT2D eigenvalue weighted by Crippen LogP contribution is 2.21. The van der Waals surface area contributed by atoms with Gasteiger partial charge in [-0.05, 0) is 0 Å². The molecule has 8 nitrogen and oxygen atoms in total. The first-order valence-electron chi connectivity index (χ1n) is 5.93. The zero-order chi connectivity index (χ0) is 14.7. The highest BCUT2D eigenvalue weighted by atomic mass is 32.2. The summed E-state index contributed by atoms with van der Waals surface area (Å²) in [4.78, 5) is 18.5. The van der Waals surface area contributed by atoms with Crippen LogP contribution in [0.1, 0.15) is 11.5 Å². The van der Waals surface area contributed by atoms with E-state index in [1.807, 2.05) is 25.7 Å². The highest BCUT2D eigenvalue weighted by Gasteiger charge is 2.10. The Balaban J connectivity index is 2.12. The largest absolute Gasteiger partial charge is 0.390 e. The minimum atomic E-state index is -0.0342. The zero-order valence-corrected chi connectivity index (χ0v) is 12.4. The number of anilines is 2. The lowest BCUT2D eigenvalue weighted by Gasteiger charge is -2.11. The minimum Gasteiger partial charge on any atom is -0.390 e. The maximum absolute atomic E-state index is 9.13. The Hall–Kier alpha value is -1.87. The quantitative estimate of drug-likeness (QED) is 0.745. The molecule has 0 aliphatic heterocycles. The van der Waals surface area contributed by atoms with Crippen LogP contribution < -0.4 is 10.6 Å². The third-order valence-electron chi connectivity index (χ3n) is 2.62. The summed E-state index contributed by atoms with van der Waals surface area (Å²) in [5.74, 6) is 1.86. The predicted octanol–water partition coefficient (Wildman–Crippen LogP) is 0.0379. The number of aromatic nitrogens is 5. The third kappa shape index (κ3) is 3.17. The molecule has 20 heavy (non-hydrogen) atoms. The van der Waals surface area contributed by atoms with Crippen LogP contribution in [0.2, 0.25) is 0 Å². The number of hydrogen-bond acceptors (Lipinski definition) is 8. The number of rotatable bonds is 5. The maximum Gasteiger partial charge on any atom is 0.229 e. The molecule has 0 aliphatic rings. The molecule has 0 amide bonds. The molecule has 0 fully saturated rings. The molecule has 0 aliphatic carbocycles. The molecule has 108 valence electrons. The number of aliphatic hydroxyl groups excluding tert-OH is 1. The fourth-order valence-electron chi connectivity index (χ4n) is 1.53. The van der Waals surface area contributed by atoms with E-state index in [9.17, 15) is 0 Å². The van der Waals surface area contributed by atoms with Crippen molar-refractivity contribution in [2.75, 3.05) is 24.7 Å². The van der Waals surface area contributed by atoms with E-state index in [1.165, 1.54) is 11.8 Å². The molecule has 2 heterocycles. The van der Waals surface area contributed by atoms with Gasteiger partial charge in [-0.15, -0.1) is 0 Å². The van der Waals surface area contributed by atoms with E-state index in [2.05, 4.69) is 19.9 Å². The van der Waals surface area contributed by atoms with Gasteiger partial charge >= 0.3 is 0 Å². The van der Waals surface area contributed by atoms with Crippen molar-refractivity contribution in [2.24, 2.45) is 7.05 Å². The topological polar surface area (TPSA) is 106 Å².